The SMILES string of the molecule is BrCCOCCI. The average molecular weight is 279 g/mol. The molecule has 0 atom stereocenters. The number of rotatable bonds is 4. The molecule has 0 aromatic rings. The summed E-state index contributed by atoms with van der Waals surface area (Å²) in [5.74, 6) is 0. The molecule has 0 aliphatic heterocycles. The predicted molar refractivity (Wildman–Crippen MR) is 43.5 cm³/mol. The lowest BCUT2D eigenvalue weighted by atomic mass is 10.8. The van der Waals surface area contributed by atoms with E-state index in [9.17, 15) is 0 Å². The second kappa shape index (κ2) is 7.17. The van der Waals surface area contributed by atoms with E-state index in [0.29, 0.717) is 0 Å². The smallest absolute Gasteiger partial charge is 0.0563 e. The van der Waals surface area contributed by atoms with Crippen LogP contribution < -0.4 is 0 Å². The Hall–Kier alpha value is 1.17. The molecule has 44 valence electrons. The summed E-state index contributed by atoms with van der Waals surface area (Å²) in [6.07, 6.45) is 0. The molecule has 0 saturated heterocycles. The Labute approximate surface area is 66.1 Å². The highest BCUT2D eigenvalue weighted by atomic mass is 127. The number of hydrogen-bond acceptors (Lipinski definition) is 1. The fourth-order valence-corrected chi connectivity index (χ4v) is 0.751. The summed E-state index contributed by atoms with van der Waals surface area (Å²) >= 11 is 5.54. The maximum Gasteiger partial charge on any atom is 0.0563 e. The Kier molecular flexibility index (Phi) is 8.37. The van der Waals surface area contributed by atoms with Gasteiger partial charge in [0.2, 0.25) is 0 Å². The molecular weight excluding hydrogens is 271 g/mol. The third-order valence-corrected chi connectivity index (χ3v) is 1.21. The zero-order valence-corrected chi connectivity index (χ0v) is 7.74. The molecule has 0 bridgehead atoms. The first kappa shape index (κ1) is 8.17. The van der Waals surface area contributed by atoms with E-state index in [-0.39, 0.29) is 0 Å². The van der Waals surface area contributed by atoms with Gasteiger partial charge >= 0.3 is 0 Å². The highest BCUT2D eigenvalue weighted by molar-refractivity contribution is 14.1. The highest BCUT2D eigenvalue weighted by Crippen LogP contribution is 1.84. The fourth-order valence-electron chi connectivity index (χ4n) is 0.211. The van der Waals surface area contributed by atoms with Gasteiger partial charge in [-0.05, 0) is 0 Å². The zero-order valence-electron chi connectivity index (χ0n) is 3.99. The van der Waals surface area contributed by atoms with Crippen LogP contribution in [0.25, 0.3) is 0 Å². The van der Waals surface area contributed by atoms with Crippen LogP contribution in [-0.4, -0.2) is 23.0 Å². The van der Waals surface area contributed by atoms with Crippen LogP contribution in [-0.2, 0) is 4.74 Å². The van der Waals surface area contributed by atoms with Crippen LogP contribution in [0.1, 0.15) is 0 Å². The van der Waals surface area contributed by atoms with Crippen LogP contribution in [0.2, 0.25) is 0 Å². The Bertz CT molecular complexity index is 30.9. The van der Waals surface area contributed by atoms with Crippen molar-refractivity contribution in [1.29, 1.82) is 0 Å². The summed E-state index contributed by atoms with van der Waals surface area (Å²) < 4.78 is 6.17. The summed E-state index contributed by atoms with van der Waals surface area (Å²) in [4.78, 5) is 0. The molecule has 0 spiro atoms. The fraction of sp³-hybridized carbons (Fsp3) is 1.00. The largest absolute Gasteiger partial charge is 0.380 e. The molecule has 1 nitrogen and oxygen atoms in total. The van der Waals surface area contributed by atoms with Crippen LogP contribution in [0.3, 0.4) is 0 Å². The predicted octanol–water partition coefficient (Wildman–Crippen LogP) is 1.83. The van der Waals surface area contributed by atoms with Crippen molar-refractivity contribution in [3.05, 3.63) is 0 Å². The van der Waals surface area contributed by atoms with Crippen LogP contribution in [0.4, 0.5) is 0 Å². The van der Waals surface area contributed by atoms with Gasteiger partial charge in [0.05, 0.1) is 13.2 Å². The minimum Gasteiger partial charge on any atom is -0.380 e. The first-order valence-electron chi connectivity index (χ1n) is 2.11. The van der Waals surface area contributed by atoms with Crippen LogP contribution in [0.15, 0.2) is 0 Å². The normalized spacial score (nSPS) is 9.43. The van der Waals surface area contributed by atoms with Crippen molar-refractivity contribution >= 4 is 38.5 Å². The first-order valence-corrected chi connectivity index (χ1v) is 4.76. The van der Waals surface area contributed by atoms with Crippen molar-refractivity contribution in [2.45, 2.75) is 0 Å². The molecule has 0 heterocycles. The van der Waals surface area contributed by atoms with Gasteiger partial charge in [0.1, 0.15) is 0 Å². The summed E-state index contributed by atoms with van der Waals surface area (Å²) in [6.45, 7) is 1.72. The Morgan fingerprint density at radius 2 is 2.14 bits per heavy atom. The third-order valence-electron chi connectivity index (χ3n) is 0.443. The van der Waals surface area contributed by atoms with E-state index in [1.54, 1.807) is 0 Å². The van der Waals surface area contributed by atoms with Crippen molar-refractivity contribution in [3.8, 4) is 0 Å². The minimum atomic E-state index is 0.836. The van der Waals surface area contributed by atoms with Crippen molar-refractivity contribution in [2.75, 3.05) is 23.0 Å². The van der Waals surface area contributed by atoms with Crippen LogP contribution in [0.5, 0.6) is 0 Å². The molecule has 7 heavy (non-hydrogen) atoms. The molecular formula is C4H8BrIO. The Morgan fingerprint density at radius 1 is 1.43 bits per heavy atom. The van der Waals surface area contributed by atoms with E-state index in [1.165, 1.54) is 0 Å². The maximum absolute atomic E-state index is 5.08. The summed E-state index contributed by atoms with van der Waals surface area (Å²) in [5, 5.41) is 0.948. The molecule has 0 aromatic heterocycles. The highest BCUT2D eigenvalue weighted by Gasteiger charge is 1.79. The monoisotopic (exact) mass is 278 g/mol. The molecule has 0 aliphatic carbocycles. The second-order valence-electron chi connectivity index (χ2n) is 0.990. The van der Waals surface area contributed by atoms with E-state index in [4.69, 9.17) is 4.74 Å². The molecule has 0 saturated carbocycles. The van der Waals surface area contributed by atoms with Crippen LogP contribution in [0, 0.1) is 0 Å². The second-order valence-corrected chi connectivity index (χ2v) is 2.86. The van der Waals surface area contributed by atoms with Crippen molar-refractivity contribution < 1.29 is 4.74 Å². The first-order chi connectivity index (χ1) is 3.41. The standard InChI is InChI=1S/C4H8BrIO/c5-1-3-7-4-2-6/h1-4H2. The number of halogens is 2. The van der Waals surface area contributed by atoms with Gasteiger partial charge in [-0.2, -0.15) is 0 Å². The molecule has 3 heteroatoms. The zero-order chi connectivity index (χ0) is 5.54. The molecule has 0 unspecified atom stereocenters. The Balaban J connectivity index is 2.45. The topological polar surface area (TPSA) is 9.23 Å². The van der Waals surface area contributed by atoms with Gasteiger partial charge in [-0.3, -0.25) is 0 Å². The number of hydrogen-bond donors (Lipinski definition) is 0. The van der Waals surface area contributed by atoms with E-state index in [0.717, 1.165) is 23.0 Å². The minimum absolute atomic E-state index is 0.836. The van der Waals surface area contributed by atoms with Gasteiger partial charge in [0.15, 0.2) is 0 Å². The van der Waals surface area contributed by atoms with Crippen molar-refractivity contribution in [2.24, 2.45) is 0 Å². The lowest BCUT2D eigenvalue weighted by Gasteiger charge is -1.93. The maximum atomic E-state index is 5.08. The molecule has 0 radical (unpaired) electrons. The quantitative estimate of drug-likeness (QED) is 0.433. The third kappa shape index (κ3) is 7.17. The van der Waals surface area contributed by atoms with Gasteiger partial charge in [-0.15, -0.1) is 0 Å². The molecule has 0 rings (SSSR count). The number of ether oxygens (including phenoxy) is 1. The Morgan fingerprint density at radius 3 is 2.57 bits per heavy atom. The van der Waals surface area contributed by atoms with E-state index < -0.39 is 0 Å². The number of alkyl halides is 2. The summed E-state index contributed by atoms with van der Waals surface area (Å²) in [6, 6.07) is 0. The lowest BCUT2D eigenvalue weighted by molar-refractivity contribution is 0.169. The average Bonchev–Trinajstić information content (AvgIpc) is 1.69. The summed E-state index contributed by atoms with van der Waals surface area (Å²) in [7, 11) is 0. The molecule has 0 fully saturated rings. The molecule has 0 amide bonds. The summed E-state index contributed by atoms with van der Waals surface area (Å²) in [5.41, 5.74) is 0. The van der Waals surface area contributed by atoms with Gasteiger partial charge < -0.3 is 4.74 Å². The van der Waals surface area contributed by atoms with Gasteiger partial charge in [0.25, 0.3) is 0 Å². The molecule has 0 N–H and O–H groups in total. The van der Waals surface area contributed by atoms with E-state index >= 15 is 0 Å². The van der Waals surface area contributed by atoms with Gasteiger partial charge in [-0.1, -0.05) is 38.5 Å². The van der Waals surface area contributed by atoms with E-state index in [1.807, 2.05) is 0 Å². The van der Waals surface area contributed by atoms with Crippen molar-refractivity contribution in [3.63, 3.8) is 0 Å². The lowest BCUT2D eigenvalue weighted by Crippen LogP contribution is -1.97. The van der Waals surface area contributed by atoms with E-state index in [2.05, 4.69) is 38.5 Å². The molecule has 0 aliphatic rings. The van der Waals surface area contributed by atoms with Gasteiger partial charge in [-0.25, -0.2) is 0 Å². The van der Waals surface area contributed by atoms with Crippen LogP contribution >= 0.6 is 38.5 Å². The van der Waals surface area contributed by atoms with Crippen molar-refractivity contribution in [1.82, 2.24) is 0 Å². The molecule has 0 aromatic carbocycles. The van der Waals surface area contributed by atoms with Gasteiger partial charge in [0, 0.05) is 9.76 Å².